The molecule has 0 aromatic heterocycles. The van der Waals surface area contributed by atoms with Crippen molar-refractivity contribution >= 4 is 15.9 Å². The molecule has 0 fully saturated rings. The maximum absolute atomic E-state index is 5.58. The van der Waals surface area contributed by atoms with Gasteiger partial charge in [-0.15, -0.1) is 0 Å². The second-order valence-electron chi connectivity index (χ2n) is 3.99. The van der Waals surface area contributed by atoms with Gasteiger partial charge in [0.15, 0.2) is 0 Å². The van der Waals surface area contributed by atoms with Gasteiger partial charge in [0.05, 0.1) is 13.2 Å². The van der Waals surface area contributed by atoms with Gasteiger partial charge in [-0.1, -0.05) is 28.1 Å². The van der Waals surface area contributed by atoms with E-state index < -0.39 is 0 Å². The number of benzene rings is 1. The van der Waals surface area contributed by atoms with Gasteiger partial charge in [0, 0.05) is 17.6 Å². The predicted molar refractivity (Wildman–Crippen MR) is 70.2 cm³/mol. The van der Waals surface area contributed by atoms with Gasteiger partial charge < -0.3 is 15.4 Å². The lowest BCUT2D eigenvalue weighted by atomic mass is 10.1. The topological polar surface area (TPSA) is 38.5 Å². The van der Waals surface area contributed by atoms with E-state index in [0.717, 1.165) is 28.8 Å². The zero-order valence-electron chi connectivity index (χ0n) is 9.87. The number of likely N-dealkylation sites (N-methyl/N-ethyl adjacent to an activating group) is 1. The van der Waals surface area contributed by atoms with Crippen molar-refractivity contribution < 1.29 is 4.74 Å². The first kappa shape index (κ1) is 13.6. The highest BCUT2D eigenvalue weighted by molar-refractivity contribution is 9.10. The first-order valence-corrected chi connectivity index (χ1v) is 6.12. The van der Waals surface area contributed by atoms with Gasteiger partial charge in [-0.3, -0.25) is 0 Å². The minimum atomic E-state index is 0.570. The van der Waals surface area contributed by atoms with Crippen LogP contribution in [-0.2, 0) is 17.9 Å². The molecule has 16 heavy (non-hydrogen) atoms. The molecule has 0 bridgehead atoms. The van der Waals surface area contributed by atoms with Crippen molar-refractivity contribution in [3.05, 3.63) is 33.8 Å². The standard InChI is InChI=1S/C12H19BrN2O/c1-15(2)5-6-16-9-11-4-3-10(8-14)7-12(11)13/h3-4,7H,5-6,8-9,14H2,1-2H3. The second kappa shape index (κ2) is 7.01. The first-order valence-electron chi connectivity index (χ1n) is 5.33. The molecule has 0 atom stereocenters. The third kappa shape index (κ3) is 4.61. The van der Waals surface area contributed by atoms with Crippen LogP contribution in [0, 0.1) is 0 Å². The molecule has 0 radical (unpaired) electrons. The van der Waals surface area contributed by atoms with Crippen molar-refractivity contribution in [2.45, 2.75) is 13.2 Å². The van der Waals surface area contributed by atoms with E-state index in [1.165, 1.54) is 0 Å². The Morgan fingerprint density at radius 1 is 1.38 bits per heavy atom. The van der Waals surface area contributed by atoms with Gasteiger partial charge in [0.1, 0.15) is 0 Å². The van der Waals surface area contributed by atoms with Crippen LogP contribution in [0.5, 0.6) is 0 Å². The van der Waals surface area contributed by atoms with Gasteiger partial charge >= 0.3 is 0 Å². The highest BCUT2D eigenvalue weighted by atomic mass is 79.9. The number of nitrogens with two attached hydrogens (primary N) is 1. The van der Waals surface area contributed by atoms with E-state index in [1.807, 2.05) is 26.2 Å². The Labute approximate surface area is 106 Å². The molecule has 0 unspecified atom stereocenters. The molecule has 0 aliphatic carbocycles. The lowest BCUT2D eigenvalue weighted by molar-refractivity contribution is 0.105. The summed E-state index contributed by atoms with van der Waals surface area (Å²) in [5, 5.41) is 0. The van der Waals surface area contributed by atoms with E-state index in [1.54, 1.807) is 0 Å². The lowest BCUT2D eigenvalue weighted by Crippen LogP contribution is -2.17. The number of rotatable bonds is 6. The first-order chi connectivity index (χ1) is 7.63. The molecule has 0 amide bonds. The largest absolute Gasteiger partial charge is 0.375 e. The van der Waals surface area contributed by atoms with E-state index in [0.29, 0.717) is 13.2 Å². The van der Waals surface area contributed by atoms with E-state index >= 15 is 0 Å². The van der Waals surface area contributed by atoms with Crippen molar-refractivity contribution in [3.8, 4) is 0 Å². The van der Waals surface area contributed by atoms with Gasteiger partial charge in [0.2, 0.25) is 0 Å². The Balaban J connectivity index is 2.42. The summed E-state index contributed by atoms with van der Waals surface area (Å²) in [6.45, 7) is 2.90. The molecule has 2 N–H and O–H groups in total. The van der Waals surface area contributed by atoms with Crippen LogP contribution in [0.1, 0.15) is 11.1 Å². The molecule has 0 heterocycles. The highest BCUT2D eigenvalue weighted by Crippen LogP contribution is 2.19. The molecule has 0 aliphatic rings. The maximum atomic E-state index is 5.58. The van der Waals surface area contributed by atoms with Gasteiger partial charge in [-0.25, -0.2) is 0 Å². The average Bonchev–Trinajstić information content (AvgIpc) is 2.25. The second-order valence-corrected chi connectivity index (χ2v) is 4.84. The van der Waals surface area contributed by atoms with Crippen LogP contribution in [0.2, 0.25) is 0 Å². The van der Waals surface area contributed by atoms with E-state index in [4.69, 9.17) is 10.5 Å². The summed E-state index contributed by atoms with van der Waals surface area (Å²) in [5.74, 6) is 0. The van der Waals surface area contributed by atoms with Crippen molar-refractivity contribution in [1.82, 2.24) is 4.90 Å². The summed E-state index contributed by atoms with van der Waals surface area (Å²) in [7, 11) is 4.07. The Morgan fingerprint density at radius 3 is 2.69 bits per heavy atom. The fourth-order valence-corrected chi connectivity index (χ4v) is 1.80. The summed E-state index contributed by atoms with van der Waals surface area (Å²) in [6.07, 6.45) is 0. The van der Waals surface area contributed by atoms with Crippen molar-refractivity contribution in [3.63, 3.8) is 0 Å². The molecule has 1 aromatic rings. The Morgan fingerprint density at radius 2 is 2.12 bits per heavy atom. The third-order valence-corrected chi connectivity index (χ3v) is 3.03. The van der Waals surface area contributed by atoms with Gasteiger partial charge in [0.25, 0.3) is 0 Å². The van der Waals surface area contributed by atoms with Gasteiger partial charge in [-0.2, -0.15) is 0 Å². The number of hydrogen-bond acceptors (Lipinski definition) is 3. The monoisotopic (exact) mass is 286 g/mol. The van der Waals surface area contributed by atoms with E-state index in [-0.39, 0.29) is 0 Å². The smallest absolute Gasteiger partial charge is 0.0728 e. The van der Waals surface area contributed by atoms with Crippen molar-refractivity contribution in [2.75, 3.05) is 27.2 Å². The summed E-state index contributed by atoms with van der Waals surface area (Å²) in [6, 6.07) is 6.14. The minimum Gasteiger partial charge on any atom is -0.375 e. The molecule has 0 spiro atoms. The lowest BCUT2D eigenvalue weighted by Gasteiger charge is -2.11. The number of hydrogen-bond donors (Lipinski definition) is 1. The third-order valence-electron chi connectivity index (χ3n) is 2.29. The van der Waals surface area contributed by atoms with Crippen molar-refractivity contribution in [2.24, 2.45) is 5.73 Å². The van der Waals surface area contributed by atoms with Crippen molar-refractivity contribution in [1.29, 1.82) is 0 Å². The Bertz CT molecular complexity index is 329. The Kier molecular flexibility index (Phi) is 5.98. The summed E-state index contributed by atoms with van der Waals surface area (Å²) < 4.78 is 6.65. The Hall–Kier alpha value is -0.420. The number of halogens is 1. The summed E-state index contributed by atoms with van der Waals surface area (Å²) in [5.41, 5.74) is 7.86. The SMILES string of the molecule is CN(C)CCOCc1ccc(CN)cc1Br. The van der Waals surface area contributed by atoms with Crippen LogP contribution in [0.25, 0.3) is 0 Å². The molecule has 1 aromatic carbocycles. The molecular formula is C12H19BrN2O. The molecule has 90 valence electrons. The molecule has 4 heteroatoms. The van der Waals surface area contributed by atoms with Gasteiger partial charge in [-0.05, 0) is 31.3 Å². The number of ether oxygens (including phenoxy) is 1. The van der Waals surface area contributed by atoms with E-state index in [9.17, 15) is 0 Å². The fraction of sp³-hybridized carbons (Fsp3) is 0.500. The fourth-order valence-electron chi connectivity index (χ4n) is 1.26. The maximum Gasteiger partial charge on any atom is 0.0728 e. The molecule has 3 nitrogen and oxygen atoms in total. The van der Waals surface area contributed by atoms with Crippen LogP contribution in [0.3, 0.4) is 0 Å². The quantitative estimate of drug-likeness (QED) is 0.813. The predicted octanol–water partition coefficient (Wildman–Crippen LogP) is 1.99. The molecule has 0 saturated carbocycles. The normalized spacial score (nSPS) is 11.1. The molecule has 0 aliphatic heterocycles. The zero-order chi connectivity index (χ0) is 12.0. The number of nitrogens with zero attached hydrogens (tertiary/aromatic N) is 1. The highest BCUT2D eigenvalue weighted by Gasteiger charge is 2.01. The molecular weight excluding hydrogens is 268 g/mol. The van der Waals surface area contributed by atoms with Crippen LogP contribution >= 0.6 is 15.9 Å². The zero-order valence-corrected chi connectivity index (χ0v) is 11.5. The molecule has 1 rings (SSSR count). The summed E-state index contributed by atoms with van der Waals surface area (Å²) in [4.78, 5) is 2.10. The van der Waals surface area contributed by atoms with E-state index in [2.05, 4.69) is 26.9 Å². The van der Waals surface area contributed by atoms with Crippen LogP contribution in [0.15, 0.2) is 22.7 Å². The minimum absolute atomic E-state index is 0.570. The van der Waals surface area contributed by atoms with Crippen LogP contribution < -0.4 is 5.73 Å². The molecule has 0 saturated heterocycles. The van der Waals surface area contributed by atoms with Crippen LogP contribution in [0.4, 0.5) is 0 Å². The average molecular weight is 287 g/mol. The summed E-state index contributed by atoms with van der Waals surface area (Å²) >= 11 is 3.52. The van der Waals surface area contributed by atoms with Crippen LogP contribution in [-0.4, -0.2) is 32.1 Å².